The fraction of sp³-hybridized carbons (Fsp3) is 0.632. The van der Waals surface area contributed by atoms with Crippen molar-refractivity contribution < 1.29 is 4.74 Å². The molecule has 0 bridgehead atoms. The van der Waals surface area contributed by atoms with Crippen LogP contribution in [0.3, 0.4) is 0 Å². The lowest BCUT2D eigenvalue weighted by molar-refractivity contribution is 0.181. The van der Waals surface area contributed by atoms with E-state index in [0.29, 0.717) is 12.5 Å². The number of benzene rings is 1. The van der Waals surface area contributed by atoms with Gasteiger partial charge in [-0.25, -0.2) is 4.99 Å². The first-order chi connectivity index (χ1) is 11.6. The maximum atomic E-state index is 5.49. The van der Waals surface area contributed by atoms with Crippen LogP contribution < -0.4 is 5.32 Å². The maximum Gasteiger partial charge on any atom is 0.193 e. The first-order valence-corrected chi connectivity index (χ1v) is 8.88. The molecule has 5 heteroatoms. The van der Waals surface area contributed by atoms with Gasteiger partial charge in [0.2, 0.25) is 0 Å². The molecule has 0 spiro atoms. The van der Waals surface area contributed by atoms with Crippen LogP contribution in [0.4, 0.5) is 0 Å². The van der Waals surface area contributed by atoms with Gasteiger partial charge < -0.3 is 19.9 Å². The van der Waals surface area contributed by atoms with E-state index in [4.69, 9.17) is 9.73 Å². The van der Waals surface area contributed by atoms with Crippen LogP contribution >= 0.6 is 0 Å². The molecule has 0 amide bonds. The zero-order valence-electron chi connectivity index (χ0n) is 15.6. The predicted octanol–water partition coefficient (Wildman–Crippen LogP) is 2.18. The summed E-state index contributed by atoms with van der Waals surface area (Å²) in [6.07, 6.45) is 1.15. The van der Waals surface area contributed by atoms with E-state index in [-0.39, 0.29) is 0 Å². The summed E-state index contributed by atoms with van der Waals surface area (Å²) >= 11 is 0. The second kappa shape index (κ2) is 9.64. The topological polar surface area (TPSA) is 40.1 Å². The minimum absolute atomic E-state index is 0.611. The number of ether oxygens (including phenoxy) is 1. The third kappa shape index (κ3) is 5.80. The van der Waals surface area contributed by atoms with E-state index in [1.807, 2.05) is 0 Å². The molecule has 1 fully saturated rings. The average Bonchev–Trinajstić information content (AvgIpc) is 3.05. The molecule has 0 radical (unpaired) electrons. The van der Waals surface area contributed by atoms with Crippen molar-refractivity contribution in [1.82, 2.24) is 15.1 Å². The number of hydrogen-bond acceptors (Lipinski definition) is 3. The first-order valence-electron chi connectivity index (χ1n) is 8.88. The molecule has 1 aromatic rings. The van der Waals surface area contributed by atoms with E-state index in [9.17, 15) is 0 Å². The van der Waals surface area contributed by atoms with Gasteiger partial charge in [-0.2, -0.15) is 0 Å². The molecule has 1 heterocycles. The lowest BCUT2D eigenvalue weighted by Gasteiger charge is -2.24. The lowest BCUT2D eigenvalue weighted by atomic mass is 10.1. The summed E-state index contributed by atoms with van der Waals surface area (Å²) in [6.45, 7) is 7.39. The standard InChI is InChI=1S/C19H32N4O/c1-5-20-19(23(4)13-16-10-11-24-15-16)21-12-17-8-6-7-9-18(17)14-22(2)3/h6-9,16H,5,10-15H2,1-4H3,(H,20,21). The summed E-state index contributed by atoms with van der Waals surface area (Å²) in [5.41, 5.74) is 2.63. The molecule has 1 aromatic carbocycles. The molecule has 1 saturated heterocycles. The molecule has 0 aromatic heterocycles. The van der Waals surface area contributed by atoms with Crippen LogP contribution in [0, 0.1) is 5.92 Å². The van der Waals surface area contributed by atoms with Crippen LogP contribution in [0.15, 0.2) is 29.3 Å². The monoisotopic (exact) mass is 332 g/mol. The molecule has 1 unspecified atom stereocenters. The predicted molar refractivity (Wildman–Crippen MR) is 100 cm³/mol. The first kappa shape index (κ1) is 18.7. The second-order valence-electron chi connectivity index (χ2n) is 6.79. The quantitative estimate of drug-likeness (QED) is 0.614. The van der Waals surface area contributed by atoms with Crippen LogP contribution in [-0.4, -0.2) is 63.2 Å². The Labute approximate surface area is 146 Å². The fourth-order valence-electron chi connectivity index (χ4n) is 3.04. The van der Waals surface area contributed by atoms with Crippen molar-refractivity contribution in [2.45, 2.75) is 26.4 Å². The van der Waals surface area contributed by atoms with Gasteiger partial charge in [-0.15, -0.1) is 0 Å². The molecule has 1 atom stereocenters. The van der Waals surface area contributed by atoms with Crippen molar-refractivity contribution in [3.8, 4) is 0 Å². The van der Waals surface area contributed by atoms with Crippen LogP contribution in [0.5, 0.6) is 0 Å². The zero-order valence-corrected chi connectivity index (χ0v) is 15.6. The third-order valence-corrected chi connectivity index (χ3v) is 4.26. The van der Waals surface area contributed by atoms with Crippen molar-refractivity contribution in [3.63, 3.8) is 0 Å². The highest BCUT2D eigenvalue weighted by Gasteiger charge is 2.19. The van der Waals surface area contributed by atoms with Gasteiger partial charge >= 0.3 is 0 Å². The molecule has 1 aliphatic heterocycles. The van der Waals surface area contributed by atoms with E-state index >= 15 is 0 Å². The Hall–Kier alpha value is -1.59. The van der Waals surface area contributed by atoms with Gasteiger partial charge in [-0.05, 0) is 38.6 Å². The molecule has 2 rings (SSSR count). The van der Waals surface area contributed by atoms with E-state index in [1.54, 1.807) is 0 Å². The van der Waals surface area contributed by atoms with Gasteiger partial charge in [0, 0.05) is 39.2 Å². The maximum absolute atomic E-state index is 5.49. The Balaban J connectivity index is 2.04. The number of nitrogens with one attached hydrogen (secondary N) is 1. The molecule has 0 aliphatic carbocycles. The number of aliphatic imine (C=N–C) groups is 1. The Morgan fingerprint density at radius 2 is 2.00 bits per heavy atom. The summed E-state index contributed by atoms with van der Waals surface area (Å²) in [4.78, 5) is 9.29. The van der Waals surface area contributed by atoms with Crippen LogP contribution in [0.2, 0.25) is 0 Å². The number of rotatable bonds is 7. The molecule has 1 aliphatic rings. The number of hydrogen-bond donors (Lipinski definition) is 1. The van der Waals surface area contributed by atoms with Crippen molar-refractivity contribution in [3.05, 3.63) is 35.4 Å². The minimum atomic E-state index is 0.611. The molecule has 1 N–H and O–H groups in total. The van der Waals surface area contributed by atoms with E-state index in [2.05, 4.69) is 67.4 Å². The van der Waals surface area contributed by atoms with Gasteiger partial charge in [0.15, 0.2) is 5.96 Å². The highest BCUT2D eigenvalue weighted by Crippen LogP contribution is 2.14. The zero-order chi connectivity index (χ0) is 17.4. The highest BCUT2D eigenvalue weighted by atomic mass is 16.5. The summed E-state index contributed by atoms with van der Waals surface area (Å²) in [7, 11) is 6.31. The SMILES string of the molecule is CCNC(=NCc1ccccc1CN(C)C)N(C)CC1CCOC1. The lowest BCUT2D eigenvalue weighted by Crippen LogP contribution is -2.41. The van der Waals surface area contributed by atoms with Crippen molar-refractivity contribution >= 4 is 5.96 Å². The molecular formula is C19H32N4O. The normalized spacial score (nSPS) is 18.2. The molecule has 24 heavy (non-hydrogen) atoms. The van der Waals surface area contributed by atoms with Gasteiger partial charge in [0.05, 0.1) is 13.2 Å². The van der Waals surface area contributed by atoms with Crippen molar-refractivity contribution in [2.75, 3.05) is 47.4 Å². The number of nitrogens with zero attached hydrogens (tertiary/aromatic N) is 3. The van der Waals surface area contributed by atoms with Gasteiger partial charge in [0.25, 0.3) is 0 Å². The smallest absolute Gasteiger partial charge is 0.193 e. The van der Waals surface area contributed by atoms with E-state index in [0.717, 1.165) is 45.2 Å². The summed E-state index contributed by atoms with van der Waals surface area (Å²) in [5.74, 6) is 1.59. The Morgan fingerprint density at radius 1 is 1.25 bits per heavy atom. The van der Waals surface area contributed by atoms with E-state index in [1.165, 1.54) is 11.1 Å². The Morgan fingerprint density at radius 3 is 2.62 bits per heavy atom. The van der Waals surface area contributed by atoms with Crippen molar-refractivity contribution in [1.29, 1.82) is 0 Å². The largest absolute Gasteiger partial charge is 0.381 e. The minimum Gasteiger partial charge on any atom is -0.381 e. The fourth-order valence-corrected chi connectivity index (χ4v) is 3.04. The van der Waals surface area contributed by atoms with Gasteiger partial charge in [0.1, 0.15) is 0 Å². The van der Waals surface area contributed by atoms with Crippen LogP contribution in [-0.2, 0) is 17.8 Å². The Kier molecular flexibility index (Phi) is 7.53. The molecule has 0 saturated carbocycles. The third-order valence-electron chi connectivity index (χ3n) is 4.26. The summed E-state index contributed by atoms with van der Waals surface area (Å²) < 4.78 is 5.49. The Bertz CT molecular complexity index is 524. The molecule has 134 valence electrons. The summed E-state index contributed by atoms with van der Waals surface area (Å²) in [6, 6.07) is 8.56. The highest BCUT2D eigenvalue weighted by molar-refractivity contribution is 5.79. The van der Waals surface area contributed by atoms with E-state index < -0.39 is 0 Å². The van der Waals surface area contributed by atoms with Crippen LogP contribution in [0.1, 0.15) is 24.5 Å². The van der Waals surface area contributed by atoms with Crippen molar-refractivity contribution in [2.24, 2.45) is 10.9 Å². The van der Waals surface area contributed by atoms with Crippen LogP contribution in [0.25, 0.3) is 0 Å². The van der Waals surface area contributed by atoms with Gasteiger partial charge in [-0.3, -0.25) is 0 Å². The summed E-state index contributed by atoms with van der Waals surface area (Å²) in [5, 5.41) is 3.41. The molecular weight excluding hydrogens is 300 g/mol. The average molecular weight is 332 g/mol. The number of guanidine groups is 1. The molecule has 5 nitrogen and oxygen atoms in total. The van der Waals surface area contributed by atoms with Gasteiger partial charge in [-0.1, -0.05) is 24.3 Å². The second-order valence-corrected chi connectivity index (χ2v) is 6.79.